The molecule has 2 aromatic rings. The molecule has 3 rings (SSSR count). The highest BCUT2D eigenvalue weighted by Crippen LogP contribution is 2.46. The van der Waals surface area contributed by atoms with Gasteiger partial charge in [0.05, 0.1) is 0 Å². The fourth-order valence-electron chi connectivity index (χ4n) is 3.59. The molecule has 130 valence electrons. The Morgan fingerprint density at radius 1 is 0.667 bits per heavy atom. The summed E-state index contributed by atoms with van der Waals surface area (Å²) in [6.07, 6.45) is 9.46. The summed E-state index contributed by atoms with van der Waals surface area (Å²) in [6.45, 7) is 14.1. The van der Waals surface area contributed by atoms with Crippen LogP contribution in [0.3, 0.4) is 0 Å². The van der Waals surface area contributed by atoms with E-state index in [4.69, 9.17) is 0 Å². The first-order valence-electron chi connectivity index (χ1n) is 9.06. The van der Waals surface area contributed by atoms with Crippen LogP contribution >= 0.6 is 22.7 Å². The Hall–Kier alpha value is -0.860. The number of rotatable bonds is 0. The summed E-state index contributed by atoms with van der Waals surface area (Å²) >= 11 is 3.94. The van der Waals surface area contributed by atoms with Crippen molar-refractivity contribution in [3.05, 3.63) is 45.2 Å². The molecular weight excluding hydrogens is 328 g/mol. The first-order chi connectivity index (χ1) is 11.2. The van der Waals surface area contributed by atoms with Gasteiger partial charge in [0, 0.05) is 9.75 Å². The highest BCUT2D eigenvalue weighted by atomic mass is 32.1. The van der Waals surface area contributed by atoms with E-state index >= 15 is 0 Å². The van der Waals surface area contributed by atoms with Gasteiger partial charge < -0.3 is 0 Å². The van der Waals surface area contributed by atoms with Crippen molar-refractivity contribution in [3.8, 4) is 9.75 Å². The minimum Gasteiger partial charge on any atom is -0.142 e. The Labute approximate surface area is 155 Å². The van der Waals surface area contributed by atoms with Crippen LogP contribution < -0.4 is 0 Å². The second-order valence-corrected chi connectivity index (χ2v) is 10.7. The maximum atomic E-state index is 2.42. The van der Waals surface area contributed by atoms with Crippen LogP contribution in [0.4, 0.5) is 0 Å². The summed E-state index contributed by atoms with van der Waals surface area (Å²) < 4.78 is 0. The average Bonchev–Trinajstić information content (AvgIpc) is 3.05. The molecule has 0 nitrogen and oxygen atoms in total. The molecule has 0 unspecified atom stereocenters. The van der Waals surface area contributed by atoms with E-state index in [1.807, 2.05) is 22.7 Å². The van der Waals surface area contributed by atoms with Crippen molar-refractivity contribution in [3.63, 3.8) is 0 Å². The van der Waals surface area contributed by atoms with Gasteiger partial charge in [-0.1, -0.05) is 53.7 Å². The Morgan fingerprint density at radius 2 is 1.04 bits per heavy atom. The first kappa shape index (κ1) is 17.9. The van der Waals surface area contributed by atoms with E-state index in [0.717, 1.165) is 0 Å². The predicted octanol–water partition coefficient (Wildman–Crippen LogP) is 7.51. The number of allylic oxidation sites excluding steroid dienone is 2. The predicted molar refractivity (Wildman–Crippen MR) is 111 cm³/mol. The van der Waals surface area contributed by atoms with E-state index in [2.05, 4.69) is 64.5 Å². The van der Waals surface area contributed by atoms with E-state index < -0.39 is 0 Å². The first-order valence-corrected chi connectivity index (χ1v) is 10.8. The summed E-state index contributed by atoms with van der Waals surface area (Å²) in [5.41, 5.74) is 6.75. The Morgan fingerprint density at radius 3 is 1.38 bits per heavy atom. The van der Waals surface area contributed by atoms with E-state index in [1.54, 1.807) is 32.0 Å². The molecule has 2 heterocycles. The van der Waals surface area contributed by atoms with Crippen molar-refractivity contribution < 1.29 is 0 Å². The molecule has 0 bridgehead atoms. The normalized spacial score (nSPS) is 17.2. The van der Waals surface area contributed by atoms with Gasteiger partial charge in [0.2, 0.25) is 0 Å². The lowest BCUT2D eigenvalue weighted by molar-refractivity contribution is 0.584. The molecule has 0 aliphatic heterocycles. The smallest absolute Gasteiger partial charge is 0.0480 e. The third-order valence-electron chi connectivity index (χ3n) is 4.90. The van der Waals surface area contributed by atoms with Gasteiger partial charge in [0.15, 0.2) is 0 Å². The number of fused-ring (bicyclic) bond motifs is 3. The zero-order chi connectivity index (χ0) is 17.5. The molecule has 0 N–H and O–H groups in total. The fraction of sp³-hybridized carbons (Fsp3) is 0.545. The van der Waals surface area contributed by atoms with Crippen LogP contribution in [-0.4, -0.2) is 0 Å². The van der Waals surface area contributed by atoms with Gasteiger partial charge in [0.25, 0.3) is 0 Å². The van der Waals surface area contributed by atoms with Crippen molar-refractivity contribution in [2.75, 3.05) is 0 Å². The highest BCUT2D eigenvalue weighted by molar-refractivity contribution is 7.20. The highest BCUT2D eigenvalue weighted by Gasteiger charge is 2.27. The van der Waals surface area contributed by atoms with Crippen LogP contribution in [-0.2, 0) is 23.7 Å². The third kappa shape index (κ3) is 3.41. The molecule has 0 radical (unpaired) electrons. The van der Waals surface area contributed by atoms with Crippen LogP contribution in [0.25, 0.3) is 9.75 Å². The van der Waals surface area contributed by atoms with Gasteiger partial charge in [0.1, 0.15) is 0 Å². The van der Waals surface area contributed by atoms with Gasteiger partial charge in [-0.3, -0.25) is 0 Å². The summed E-state index contributed by atoms with van der Waals surface area (Å²) in [5, 5.41) is 4.85. The van der Waals surface area contributed by atoms with Crippen LogP contribution in [0.2, 0.25) is 0 Å². The minimum absolute atomic E-state index is 0.224. The average molecular weight is 359 g/mol. The molecule has 0 aromatic carbocycles. The molecule has 0 spiro atoms. The Balaban J connectivity index is 2.21. The second kappa shape index (κ2) is 6.46. The number of hydrogen-bond donors (Lipinski definition) is 0. The van der Waals surface area contributed by atoms with Crippen LogP contribution in [0.5, 0.6) is 0 Å². The quantitative estimate of drug-likeness (QED) is 0.427. The third-order valence-corrected chi connectivity index (χ3v) is 7.11. The lowest BCUT2D eigenvalue weighted by Crippen LogP contribution is -2.13. The standard InChI is InChI=1S/C22H30S2/c1-21(2,3)17-13-23-19-15(17)11-9-7-8-10-12-16-18(22(4,5)6)14-24-20(16)19/h7-8,13-14H,9-12H2,1-6H3/b8-7+. The van der Waals surface area contributed by atoms with Crippen molar-refractivity contribution in [1.82, 2.24) is 0 Å². The number of hydrogen-bond acceptors (Lipinski definition) is 2. The molecule has 2 heteroatoms. The van der Waals surface area contributed by atoms with Gasteiger partial charge in [-0.25, -0.2) is 0 Å². The van der Waals surface area contributed by atoms with Gasteiger partial charge in [-0.2, -0.15) is 0 Å². The van der Waals surface area contributed by atoms with Gasteiger partial charge >= 0.3 is 0 Å². The van der Waals surface area contributed by atoms with Crippen LogP contribution in [0, 0.1) is 0 Å². The van der Waals surface area contributed by atoms with E-state index in [9.17, 15) is 0 Å². The zero-order valence-electron chi connectivity index (χ0n) is 16.0. The molecule has 0 fully saturated rings. The summed E-state index contributed by atoms with van der Waals surface area (Å²) in [5.74, 6) is 0. The Bertz CT molecular complexity index is 678. The summed E-state index contributed by atoms with van der Waals surface area (Å²) in [6, 6.07) is 0. The van der Waals surface area contributed by atoms with Gasteiger partial charge in [-0.15, -0.1) is 22.7 Å². The molecular formula is C22H30S2. The van der Waals surface area contributed by atoms with E-state index in [0.29, 0.717) is 0 Å². The van der Waals surface area contributed by atoms with Crippen LogP contribution in [0.15, 0.2) is 22.9 Å². The molecule has 0 saturated heterocycles. The maximum Gasteiger partial charge on any atom is 0.0480 e. The van der Waals surface area contributed by atoms with E-state index in [-0.39, 0.29) is 10.8 Å². The molecule has 0 amide bonds. The minimum atomic E-state index is 0.224. The topological polar surface area (TPSA) is 0 Å². The molecule has 2 aromatic heterocycles. The van der Waals surface area contributed by atoms with Gasteiger partial charge in [-0.05, 0) is 69.5 Å². The lowest BCUT2D eigenvalue weighted by Gasteiger charge is -2.22. The van der Waals surface area contributed by atoms with Crippen LogP contribution in [0.1, 0.15) is 76.6 Å². The SMILES string of the molecule is CC(C)(C)c1csc2c1CC/C=C/CCc1c(C(C)(C)C)csc1-2. The Kier molecular flexibility index (Phi) is 4.83. The van der Waals surface area contributed by atoms with Crippen molar-refractivity contribution in [2.24, 2.45) is 0 Å². The largest absolute Gasteiger partial charge is 0.142 e. The summed E-state index contributed by atoms with van der Waals surface area (Å²) in [7, 11) is 0. The molecule has 0 atom stereocenters. The second-order valence-electron chi connectivity index (χ2n) is 8.96. The monoisotopic (exact) mass is 358 g/mol. The molecule has 1 aliphatic carbocycles. The summed E-state index contributed by atoms with van der Waals surface area (Å²) in [4.78, 5) is 3.09. The lowest BCUT2D eigenvalue weighted by atomic mass is 9.82. The zero-order valence-corrected chi connectivity index (χ0v) is 17.6. The van der Waals surface area contributed by atoms with Crippen molar-refractivity contribution in [1.29, 1.82) is 0 Å². The molecule has 24 heavy (non-hydrogen) atoms. The maximum absolute atomic E-state index is 2.42. The fourth-order valence-corrected chi connectivity index (χ4v) is 6.51. The van der Waals surface area contributed by atoms with E-state index in [1.165, 1.54) is 25.7 Å². The number of thiophene rings is 2. The molecule has 1 aliphatic rings. The van der Waals surface area contributed by atoms with Crippen molar-refractivity contribution >= 4 is 22.7 Å². The van der Waals surface area contributed by atoms with Crippen molar-refractivity contribution in [2.45, 2.75) is 78.1 Å². The molecule has 0 saturated carbocycles.